The van der Waals surface area contributed by atoms with Crippen molar-refractivity contribution in [2.75, 3.05) is 19.8 Å². The number of unbranched alkanes of at least 4 members (excludes halogenated alkanes) is 7. The molecule has 0 aliphatic rings. The van der Waals surface area contributed by atoms with E-state index in [1.165, 1.54) is 70.6 Å². The van der Waals surface area contributed by atoms with Crippen molar-refractivity contribution >= 4 is 0 Å². The minimum absolute atomic E-state index is 0.668. The molecule has 122 valence electrons. The summed E-state index contributed by atoms with van der Waals surface area (Å²) in [6.45, 7) is 9.50. The largest absolute Gasteiger partial charge is 0.382 e. The van der Waals surface area contributed by atoms with Crippen LogP contribution < -0.4 is 5.32 Å². The van der Waals surface area contributed by atoms with Crippen LogP contribution in [0.5, 0.6) is 0 Å². The molecule has 0 rings (SSSR count). The molecule has 0 fully saturated rings. The van der Waals surface area contributed by atoms with E-state index < -0.39 is 0 Å². The molecule has 0 bridgehead atoms. The van der Waals surface area contributed by atoms with Gasteiger partial charge in [0, 0.05) is 19.3 Å². The molecule has 0 saturated heterocycles. The van der Waals surface area contributed by atoms with Crippen molar-refractivity contribution in [1.82, 2.24) is 5.32 Å². The Kier molecular flexibility index (Phi) is 16.9. The fourth-order valence-corrected chi connectivity index (χ4v) is 2.59. The number of nitrogens with one attached hydrogen (secondary N) is 1. The van der Waals surface area contributed by atoms with E-state index in [1.54, 1.807) is 0 Å². The molecule has 1 atom stereocenters. The van der Waals surface area contributed by atoms with Crippen LogP contribution in [0.1, 0.15) is 91.4 Å². The molecule has 0 aliphatic carbocycles. The quantitative estimate of drug-likeness (QED) is 0.388. The first kappa shape index (κ1) is 19.9. The second-order valence-electron chi connectivity index (χ2n) is 5.90. The van der Waals surface area contributed by atoms with Gasteiger partial charge in [-0.25, -0.2) is 0 Å². The Morgan fingerprint density at radius 1 is 0.750 bits per heavy atom. The Morgan fingerprint density at radius 2 is 1.40 bits per heavy atom. The van der Waals surface area contributed by atoms with E-state index in [9.17, 15) is 0 Å². The zero-order valence-electron chi connectivity index (χ0n) is 14.4. The van der Waals surface area contributed by atoms with E-state index in [2.05, 4.69) is 26.1 Å². The Labute approximate surface area is 128 Å². The lowest BCUT2D eigenvalue weighted by molar-refractivity contribution is 0.135. The summed E-state index contributed by atoms with van der Waals surface area (Å²) in [4.78, 5) is 0. The molecule has 0 heterocycles. The Morgan fingerprint density at radius 3 is 2.00 bits per heavy atom. The highest BCUT2D eigenvalue weighted by Gasteiger charge is 2.07. The van der Waals surface area contributed by atoms with E-state index >= 15 is 0 Å². The van der Waals surface area contributed by atoms with Crippen molar-refractivity contribution in [3.05, 3.63) is 0 Å². The number of hydrogen-bond donors (Lipinski definition) is 1. The number of hydrogen-bond acceptors (Lipinski definition) is 2. The van der Waals surface area contributed by atoms with Crippen LogP contribution in [0.15, 0.2) is 0 Å². The van der Waals surface area contributed by atoms with Crippen LogP contribution in [-0.4, -0.2) is 25.8 Å². The molecule has 0 aromatic rings. The minimum Gasteiger partial charge on any atom is -0.382 e. The summed E-state index contributed by atoms with van der Waals surface area (Å²) in [5.41, 5.74) is 0. The van der Waals surface area contributed by atoms with Crippen LogP contribution in [0, 0.1) is 0 Å². The van der Waals surface area contributed by atoms with Crippen molar-refractivity contribution in [3.8, 4) is 0 Å². The lowest BCUT2D eigenvalue weighted by atomic mass is 10.0. The summed E-state index contributed by atoms with van der Waals surface area (Å²) in [5.74, 6) is 0. The third-order valence-electron chi connectivity index (χ3n) is 3.90. The monoisotopic (exact) mass is 285 g/mol. The molecule has 1 unspecified atom stereocenters. The van der Waals surface area contributed by atoms with Crippen molar-refractivity contribution < 1.29 is 4.74 Å². The zero-order valence-corrected chi connectivity index (χ0v) is 14.4. The third-order valence-corrected chi connectivity index (χ3v) is 3.90. The van der Waals surface area contributed by atoms with E-state index in [1.807, 2.05) is 0 Å². The van der Waals surface area contributed by atoms with Crippen LogP contribution >= 0.6 is 0 Å². The van der Waals surface area contributed by atoms with Gasteiger partial charge in [0.25, 0.3) is 0 Å². The van der Waals surface area contributed by atoms with E-state index in [4.69, 9.17) is 4.74 Å². The second kappa shape index (κ2) is 17.0. The van der Waals surface area contributed by atoms with Crippen molar-refractivity contribution in [3.63, 3.8) is 0 Å². The normalized spacial score (nSPS) is 12.8. The molecule has 2 heteroatoms. The average Bonchev–Trinajstić information content (AvgIpc) is 2.47. The number of ether oxygens (including phenoxy) is 1. The molecule has 0 aromatic heterocycles. The van der Waals surface area contributed by atoms with Crippen LogP contribution in [-0.2, 0) is 4.74 Å². The van der Waals surface area contributed by atoms with Gasteiger partial charge >= 0.3 is 0 Å². The van der Waals surface area contributed by atoms with Gasteiger partial charge in [0.1, 0.15) is 0 Å². The average molecular weight is 286 g/mol. The Bertz CT molecular complexity index is 173. The maximum atomic E-state index is 5.49. The smallest absolute Gasteiger partial charge is 0.0480 e. The van der Waals surface area contributed by atoms with Gasteiger partial charge in [0.15, 0.2) is 0 Å². The van der Waals surface area contributed by atoms with Gasteiger partial charge in [-0.1, -0.05) is 65.2 Å². The van der Waals surface area contributed by atoms with Crippen LogP contribution in [0.2, 0.25) is 0 Å². The molecule has 0 radical (unpaired) electrons. The standard InChI is InChI=1S/C18H39NO/c1-4-7-8-9-10-11-12-13-14-18(19-16-5-2)15-17-20-6-3/h18-19H,4-17H2,1-3H3. The lowest BCUT2D eigenvalue weighted by Crippen LogP contribution is -2.31. The molecule has 20 heavy (non-hydrogen) atoms. The van der Waals surface area contributed by atoms with Crippen LogP contribution in [0.4, 0.5) is 0 Å². The minimum atomic E-state index is 0.668. The van der Waals surface area contributed by atoms with Crippen molar-refractivity contribution in [2.45, 2.75) is 97.4 Å². The molecular formula is C18H39NO. The maximum absolute atomic E-state index is 5.49. The zero-order chi connectivity index (χ0) is 14.9. The van der Waals surface area contributed by atoms with Gasteiger partial charge in [0.2, 0.25) is 0 Å². The molecule has 2 nitrogen and oxygen atoms in total. The van der Waals surface area contributed by atoms with Crippen molar-refractivity contribution in [2.24, 2.45) is 0 Å². The van der Waals surface area contributed by atoms with Gasteiger partial charge in [0.05, 0.1) is 0 Å². The SMILES string of the molecule is CCCCCCCCCCC(CCOCC)NCCC. The predicted molar refractivity (Wildman–Crippen MR) is 90.4 cm³/mol. The summed E-state index contributed by atoms with van der Waals surface area (Å²) in [6, 6.07) is 0.668. The highest BCUT2D eigenvalue weighted by molar-refractivity contribution is 4.66. The summed E-state index contributed by atoms with van der Waals surface area (Å²) >= 11 is 0. The Balaban J connectivity index is 3.46. The molecular weight excluding hydrogens is 246 g/mol. The van der Waals surface area contributed by atoms with Gasteiger partial charge in [-0.2, -0.15) is 0 Å². The second-order valence-corrected chi connectivity index (χ2v) is 5.90. The third kappa shape index (κ3) is 14.3. The highest BCUT2D eigenvalue weighted by Crippen LogP contribution is 2.12. The highest BCUT2D eigenvalue weighted by atomic mass is 16.5. The molecule has 1 N–H and O–H groups in total. The first-order valence-electron chi connectivity index (χ1n) is 9.16. The summed E-state index contributed by atoms with van der Waals surface area (Å²) in [6.07, 6.45) is 15.0. The lowest BCUT2D eigenvalue weighted by Gasteiger charge is -2.18. The van der Waals surface area contributed by atoms with E-state index in [0.717, 1.165) is 19.8 Å². The molecule has 0 amide bonds. The molecule has 0 aromatic carbocycles. The van der Waals surface area contributed by atoms with Gasteiger partial charge in [-0.15, -0.1) is 0 Å². The fourth-order valence-electron chi connectivity index (χ4n) is 2.59. The summed E-state index contributed by atoms with van der Waals surface area (Å²) in [7, 11) is 0. The summed E-state index contributed by atoms with van der Waals surface area (Å²) in [5, 5.41) is 3.67. The predicted octanol–water partition coefficient (Wildman–Crippen LogP) is 5.31. The topological polar surface area (TPSA) is 21.3 Å². The first-order chi connectivity index (χ1) is 9.85. The maximum Gasteiger partial charge on any atom is 0.0480 e. The van der Waals surface area contributed by atoms with E-state index in [-0.39, 0.29) is 0 Å². The molecule has 0 aliphatic heterocycles. The molecule has 0 spiro atoms. The fraction of sp³-hybridized carbons (Fsp3) is 1.00. The summed E-state index contributed by atoms with van der Waals surface area (Å²) < 4.78 is 5.49. The van der Waals surface area contributed by atoms with Gasteiger partial charge in [-0.05, 0) is 32.7 Å². The first-order valence-corrected chi connectivity index (χ1v) is 9.16. The van der Waals surface area contributed by atoms with Crippen LogP contribution in [0.3, 0.4) is 0 Å². The van der Waals surface area contributed by atoms with Gasteiger partial charge < -0.3 is 10.1 Å². The van der Waals surface area contributed by atoms with Crippen LogP contribution in [0.25, 0.3) is 0 Å². The Hall–Kier alpha value is -0.0800. The van der Waals surface area contributed by atoms with E-state index in [0.29, 0.717) is 6.04 Å². The molecule has 0 saturated carbocycles. The number of rotatable bonds is 16. The van der Waals surface area contributed by atoms with Gasteiger partial charge in [-0.3, -0.25) is 0 Å². The van der Waals surface area contributed by atoms with Crippen molar-refractivity contribution in [1.29, 1.82) is 0 Å².